The molecule has 0 N–H and O–H groups in total. The molecule has 0 unspecified atom stereocenters. The first-order valence-electron chi connectivity index (χ1n) is 4.55. The average molecular weight is 271 g/mol. The van der Waals surface area contributed by atoms with Gasteiger partial charge < -0.3 is 0 Å². The van der Waals surface area contributed by atoms with E-state index in [1.807, 2.05) is 0 Å². The van der Waals surface area contributed by atoms with Gasteiger partial charge in [0.1, 0.15) is 11.6 Å². The van der Waals surface area contributed by atoms with Gasteiger partial charge in [0.15, 0.2) is 11.6 Å². The zero-order valence-electron chi connectivity index (χ0n) is 8.94. The Morgan fingerprint density at radius 2 is 1.74 bits per heavy atom. The topological polar surface area (TPSA) is 51.9 Å². The molecule has 0 atom stereocenters. The van der Waals surface area contributed by atoms with Gasteiger partial charge in [0.05, 0.1) is 24.6 Å². The minimum Gasteiger partial charge on any atom is -0.235 e. The fraction of sp³-hybridized carbons (Fsp3) is 0.182. The van der Waals surface area contributed by atoms with Crippen LogP contribution in [-0.2, 0) is 12.6 Å². The second-order valence-corrected chi connectivity index (χ2v) is 3.26. The third-order valence-corrected chi connectivity index (χ3v) is 2.22. The average Bonchev–Trinajstić information content (AvgIpc) is 2.28. The molecule has 0 heterocycles. The highest BCUT2D eigenvalue weighted by atomic mass is 19.4. The molecule has 0 fully saturated rings. The summed E-state index contributed by atoms with van der Waals surface area (Å²) in [7, 11) is 0. The Morgan fingerprint density at radius 3 is 2.11 bits per heavy atom. The second kappa shape index (κ2) is 4.91. The highest BCUT2D eigenvalue weighted by molar-refractivity contribution is 5.63. The number of rotatable bonds is 1. The van der Waals surface area contributed by atoms with Crippen molar-refractivity contribution in [1.29, 1.82) is 10.5 Å². The highest BCUT2D eigenvalue weighted by Gasteiger charge is 2.40. The number of halogens is 5. The maximum absolute atomic E-state index is 13.5. The van der Waals surface area contributed by atoms with Crippen LogP contribution in [0.25, 0.3) is 4.85 Å². The lowest BCUT2D eigenvalue weighted by atomic mass is 9.97. The quantitative estimate of drug-likeness (QED) is 0.580. The molecule has 0 aliphatic heterocycles. The molecule has 19 heavy (non-hydrogen) atoms. The molecule has 1 aromatic rings. The summed E-state index contributed by atoms with van der Waals surface area (Å²) in [6, 6.07) is 2.25. The molecule has 0 saturated carbocycles. The number of hydrogen-bond donors (Lipinski definition) is 0. The number of nitriles is 2. The van der Waals surface area contributed by atoms with E-state index in [4.69, 9.17) is 17.1 Å². The van der Waals surface area contributed by atoms with Gasteiger partial charge in [-0.05, 0) is 5.56 Å². The number of nitrogens with zero attached hydrogens (tertiary/aromatic N) is 3. The molecule has 96 valence electrons. The first-order chi connectivity index (χ1) is 8.79. The van der Waals surface area contributed by atoms with Crippen LogP contribution in [0.5, 0.6) is 0 Å². The van der Waals surface area contributed by atoms with Crippen molar-refractivity contribution in [1.82, 2.24) is 0 Å². The molecule has 3 nitrogen and oxygen atoms in total. The van der Waals surface area contributed by atoms with Gasteiger partial charge in [-0.1, -0.05) is 0 Å². The van der Waals surface area contributed by atoms with Crippen molar-refractivity contribution >= 4 is 5.69 Å². The van der Waals surface area contributed by atoms with Crippen LogP contribution in [0.1, 0.15) is 16.7 Å². The van der Waals surface area contributed by atoms with Gasteiger partial charge in [0.2, 0.25) is 5.69 Å². The summed E-state index contributed by atoms with van der Waals surface area (Å²) in [5.41, 5.74) is -5.69. The minimum atomic E-state index is -5.24. The largest absolute Gasteiger partial charge is 0.418 e. The lowest BCUT2D eigenvalue weighted by Gasteiger charge is -2.15. The maximum Gasteiger partial charge on any atom is 0.418 e. The van der Waals surface area contributed by atoms with Crippen molar-refractivity contribution < 1.29 is 22.0 Å². The monoisotopic (exact) mass is 271 g/mol. The molecule has 0 spiro atoms. The van der Waals surface area contributed by atoms with Gasteiger partial charge >= 0.3 is 6.18 Å². The predicted molar refractivity (Wildman–Crippen MR) is 51.7 cm³/mol. The van der Waals surface area contributed by atoms with Crippen LogP contribution in [0.4, 0.5) is 27.6 Å². The zero-order valence-corrected chi connectivity index (χ0v) is 8.94. The summed E-state index contributed by atoms with van der Waals surface area (Å²) < 4.78 is 65.2. The number of hydrogen-bond acceptors (Lipinski definition) is 2. The molecule has 0 bridgehead atoms. The molecule has 1 rings (SSSR count). The molecular weight excluding hydrogens is 269 g/mol. The molecule has 0 aromatic heterocycles. The molecule has 1 aromatic carbocycles. The SMILES string of the molecule is [C-]#[N+]c1c(F)c(C#N)c(F)c(C(F)(F)F)c1CC#N. The molecule has 0 saturated heterocycles. The van der Waals surface area contributed by atoms with Gasteiger partial charge in [0.25, 0.3) is 0 Å². The van der Waals surface area contributed by atoms with Gasteiger partial charge in [0, 0.05) is 0 Å². The summed E-state index contributed by atoms with van der Waals surface area (Å²) in [4.78, 5) is 2.52. The summed E-state index contributed by atoms with van der Waals surface area (Å²) in [6.45, 7) is 6.62. The van der Waals surface area contributed by atoms with Crippen molar-refractivity contribution in [3.8, 4) is 12.1 Å². The Labute approximate surface area is 103 Å². The van der Waals surface area contributed by atoms with E-state index in [1.54, 1.807) is 0 Å². The third-order valence-electron chi connectivity index (χ3n) is 2.22. The van der Waals surface area contributed by atoms with Crippen molar-refractivity contribution in [2.75, 3.05) is 0 Å². The summed E-state index contributed by atoms with van der Waals surface area (Å²) in [6.07, 6.45) is -6.24. The first-order valence-corrected chi connectivity index (χ1v) is 4.55. The highest BCUT2D eigenvalue weighted by Crippen LogP contribution is 2.41. The second-order valence-electron chi connectivity index (χ2n) is 3.26. The number of alkyl halides is 3. The molecule has 8 heteroatoms. The van der Waals surface area contributed by atoms with E-state index in [1.165, 1.54) is 6.07 Å². The summed E-state index contributed by atoms with van der Waals surface area (Å²) in [5.74, 6) is -3.79. The van der Waals surface area contributed by atoms with Crippen LogP contribution in [0.2, 0.25) is 0 Å². The Balaban J connectivity index is 3.96. The van der Waals surface area contributed by atoms with E-state index in [0.29, 0.717) is 0 Å². The Kier molecular flexibility index (Phi) is 3.72. The fourth-order valence-corrected chi connectivity index (χ4v) is 1.48. The lowest BCUT2D eigenvalue weighted by Crippen LogP contribution is -2.15. The van der Waals surface area contributed by atoms with E-state index in [9.17, 15) is 22.0 Å². The van der Waals surface area contributed by atoms with Crippen molar-refractivity contribution in [3.63, 3.8) is 0 Å². The van der Waals surface area contributed by atoms with Crippen LogP contribution in [-0.4, -0.2) is 0 Å². The van der Waals surface area contributed by atoms with Crippen LogP contribution in [0.3, 0.4) is 0 Å². The van der Waals surface area contributed by atoms with E-state index in [2.05, 4.69) is 4.85 Å². The fourth-order valence-electron chi connectivity index (χ4n) is 1.48. The zero-order chi connectivity index (χ0) is 14.8. The standard InChI is InChI=1S/C11H2F5N3/c1-19-10-5(2-3-17)7(11(14,15)16)8(12)6(4-18)9(10)13/h2H2. The third kappa shape index (κ3) is 2.31. The van der Waals surface area contributed by atoms with E-state index < -0.39 is 46.6 Å². The van der Waals surface area contributed by atoms with E-state index in [0.717, 1.165) is 6.07 Å². The molecule has 0 aliphatic carbocycles. The Bertz CT molecular complexity index is 656. The summed E-state index contributed by atoms with van der Waals surface area (Å²) in [5, 5.41) is 16.9. The lowest BCUT2D eigenvalue weighted by molar-refractivity contribution is -0.140. The minimum absolute atomic E-state index is 0.944. The summed E-state index contributed by atoms with van der Waals surface area (Å²) >= 11 is 0. The van der Waals surface area contributed by atoms with Crippen LogP contribution >= 0.6 is 0 Å². The van der Waals surface area contributed by atoms with Crippen molar-refractivity contribution in [2.24, 2.45) is 0 Å². The molecule has 0 aliphatic rings. The molecule has 0 radical (unpaired) electrons. The van der Waals surface area contributed by atoms with Crippen LogP contribution < -0.4 is 0 Å². The smallest absolute Gasteiger partial charge is 0.235 e. The normalized spacial score (nSPS) is 10.4. The van der Waals surface area contributed by atoms with E-state index in [-0.39, 0.29) is 0 Å². The molecular formula is C11H2F5N3. The van der Waals surface area contributed by atoms with Gasteiger partial charge in [-0.15, -0.1) is 0 Å². The van der Waals surface area contributed by atoms with Crippen LogP contribution in [0.15, 0.2) is 0 Å². The van der Waals surface area contributed by atoms with Crippen LogP contribution in [0, 0.1) is 40.9 Å². The van der Waals surface area contributed by atoms with Gasteiger partial charge in [-0.2, -0.15) is 23.7 Å². The Hall–Kier alpha value is -2.66. The van der Waals surface area contributed by atoms with Gasteiger partial charge in [-0.3, -0.25) is 0 Å². The number of benzene rings is 1. The van der Waals surface area contributed by atoms with Crippen molar-refractivity contribution in [3.05, 3.63) is 39.7 Å². The van der Waals surface area contributed by atoms with Gasteiger partial charge in [-0.25, -0.2) is 13.6 Å². The first kappa shape index (κ1) is 14.4. The van der Waals surface area contributed by atoms with Crippen molar-refractivity contribution in [2.45, 2.75) is 12.6 Å². The predicted octanol–water partition coefficient (Wildman–Crippen LogP) is 3.47. The maximum atomic E-state index is 13.5. The van der Waals surface area contributed by atoms with E-state index >= 15 is 0 Å². The molecule has 0 amide bonds. The Morgan fingerprint density at radius 1 is 1.16 bits per heavy atom.